The molecule has 3 rings (SSSR count). The molecule has 2 amide bonds. The molecule has 9 heteroatoms. The van der Waals surface area contributed by atoms with Gasteiger partial charge in [0.15, 0.2) is 6.10 Å². The number of amides is 2. The third kappa shape index (κ3) is 4.47. The van der Waals surface area contributed by atoms with Gasteiger partial charge >= 0.3 is 0 Å². The van der Waals surface area contributed by atoms with Gasteiger partial charge in [0.1, 0.15) is 5.75 Å². The van der Waals surface area contributed by atoms with Crippen molar-refractivity contribution in [2.75, 3.05) is 24.2 Å². The number of carbonyl (C=O) groups is 2. The van der Waals surface area contributed by atoms with Crippen molar-refractivity contribution in [1.29, 1.82) is 0 Å². The smallest absolute Gasteiger partial charge is 0.265 e. The Balaban J connectivity index is 1.80. The van der Waals surface area contributed by atoms with Crippen LogP contribution >= 0.6 is 0 Å². The standard InChI is InChI=1S/C21H25N3O5S/c1-5-17-21(26)23-16-10-14(3)19(11-18(16)29-17)30(27,28)24(4)12-20(25)22-15-8-6-7-13(2)9-15/h6-11,17H,5,12H2,1-4H3,(H,22,25)(H,23,26). The Morgan fingerprint density at radius 2 is 1.97 bits per heavy atom. The molecule has 2 N–H and O–H groups in total. The summed E-state index contributed by atoms with van der Waals surface area (Å²) in [7, 11) is -2.61. The molecule has 0 aromatic heterocycles. The molecule has 160 valence electrons. The maximum atomic E-state index is 13.1. The fourth-order valence-electron chi connectivity index (χ4n) is 3.21. The fourth-order valence-corrected chi connectivity index (χ4v) is 4.55. The quantitative estimate of drug-likeness (QED) is 0.732. The molecule has 0 saturated heterocycles. The van der Waals surface area contributed by atoms with Crippen LogP contribution in [0.5, 0.6) is 5.75 Å². The zero-order valence-corrected chi connectivity index (χ0v) is 18.2. The van der Waals surface area contributed by atoms with E-state index in [-0.39, 0.29) is 17.3 Å². The molecular formula is C21H25N3O5S. The van der Waals surface area contributed by atoms with Crippen molar-refractivity contribution in [2.24, 2.45) is 0 Å². The SMILES string of the molecule is CCC1Oc2cc(S(=O)(=O)N(C)CC(=O)Nc3cccc(C)c3)c(C)cc2NC1=O. The molecule has 8 nitrogen and oxygen atoms in total. The van der Waals surface area contributed by atoms with Gasteiger partial charge in [-0.05, 0) is 49.6 Å². The Morgan fingerprint density at radius 1 is 1.23 bits per heavy atom. The minimum absolute atomic E-state index is 0.0260. The lowest BCUT2D eigenvalue weighted by atomic mass is 10.1. The number of anilines is 2. The Labute approximate surface area is 176 Å². The first kappa shape index (κ1) is 21.8. The lowest BCUT2D eigenvalue weighted by Crippen LogP contribution is -2.37. The predicted octanol–water partition coefficient (Wildman–Crippen LogP) is 2.67. The Hall–Kier alpha value is -2.91. The van der Waals surface area contributed by atoms with Gasteiger partial charge in [0, 0.05) is 18.8 Å². The number of ether oxygens (including phenoxy) is 1. The second-order valence-corrected chi connectivity index (χ2v) is 9.31. The number of nitrogens with one attached hydrogen (secondary N) is 2. The maximum Gasteiger partial charge on any atom is 0.265 e. The van der Waals surface area contributed by atoms with Crippen molar-refractivity contribution in [3.05, 3.63) is 47.5 Å². The molecule has 0 aliphatic carbocycles. The highest BCUT2D eigenvalue weighted by Crippen LogP contribution is 2.35. The summed E-state index contributed by atoms with van der Waals surface area (Å²) in [4.78, 5) is 24.4. The number of nitrogens with zero attached hydrogens (tertiary/aromatic N) is 1. The monoisotopic (exact) mass is 431 g/mol. The second-order valence-electron chi connectivity index (χ2n) is 7.30. The van der Waals surface area contributed by atoms with Gasteiger partial charge in [0.05, 0.1) is 17.1 Å². The number of sulfonamides is 1. The van der Waals surface area contributed by atoms with Crippen LogP contribution in [0.1, 0.15) is 24.5 Å². The van der Waals surface area contributed by atoms with Crippen molar-refractivity contribution in [1.82, 2.24) is 4.31 Å². The van der Waals surface area contributed by atoms with Gasteiger partial charge in [-0.1, -0.05) is 19.1 Å². The number of carbonyl (C=O) groups excluding carboxylic acids is 2. The molecule has 2 aromatic carbocycles. The predicted molar refractivity (Wildman–Crippen MR) is 114 cm³/mol. The zero-order valence-electron chi connectivity index (χ0n) is 17.4. The Bertz CT molecular complexity index is 1100. The van der Waals surface area contributed by atoms with E-state index in [9.17, 15) is 18.0 Å². The highest BCUT2D eigenvalue weighted by atomic mass is 32.2. The van der Waals surface area contributed by atoms with E-state index in [0.29, 0.717) is 29.1 Å². The summed E-state index contributed by atoms with van der Waals surface area (Å²) in [5.74, 6) is -0.412. The number of aryl methyl sites for hydroxylation is 2. The van der Waals surface area contributed by atoms with Gasteiger partial charge in [-0.15, -0.1) is 0 Å². The number of hydrogen-bond donors (Lipinski definition) is 2. The number of likely N-dealkylation sites (N-methyl/N-ethyl adjacent to an activating group) is 1. The number of rotatable bonds is 6. The van der Waals surface area contributed by atoms with E-state index in [1.807, 2.05) is 26.0 Å². The van der Waals surface area contributed by atoms with Gasteiger partial charge < -0.3 is 15.4 Å². The van der Waals surface area contributed by atoms with Gasteiger partial charge in [0.2, 0.25) is 15.9 Å². The van der Waals surface area contributed by atoms with Crippen LogP contribution in [-0.2, 0) is 19.6 Å². The largest absolute Gasteiger partial charge is 0.478 e. The van der Waals surface area contributed by atoms with Crippen LogP contribution < -0.4 is 15.4 Å². The summed E-state index contributed by atoms with van der Waals surface area (Å²) in [6.07, 6.45) is -0.214. The third-order valence-corrected chi connectivity index (χ3v) is 6.77. The van der Waals surface area contributed by atoms with E-state index in [4.69, 9.17) is 4.74 Å². The van der Waals surface area contributed by atoms with Crippen molar-refractivity contribution < 1.29 is 22.7 Å². The van der Waals surface area contributed by atoms with Gasteiger partial charge in [-0.25, -0.2) is 8.42 Å². The molecule has 0 bridgehead atoms. The summed E-state index contributed by atoms with van der Waals surface area (Å²) in [6, 6.07) is 10.2. The van der Waals surface area contributed by atoms with E-state index >= 15 is 0 Å². The molecule has 30 heavy (non-hydrogen) atoms. The van der Waals surface area contributed by atoms with Crippen molar-refractivity contribution in [3.8, 4) is 5.75 Å². The van der Waals surface area contributed by atoms with Crippen molar-refractivity contribution in [2.45, 2.75) is 38.2 Å². The molecule has 1 heterocycles. The summed E-state index contributed by atoms with van der Waals surface area (Å²) in [5, 5.41) is 5.44. The minimum Gasteiger partial charge on any atom is -0.478 e. The van der Waals surface area contributed by atoms with Crippen LogP contribution in [0.2, 0.25) is 0 Å². The first-order valence-corrected chi connectivity index (χ1v) is 11.0. The molecule has 2 aromatic rings. The number of fused-ring (bicyclic) bond motifs is 1. The molecule has 0 spiro atoms. The summed E-state index contributed by atoms with van der Waals surface area (Å²) < 4.78 is 32.9. The molecule has 0 radical (unpaired) electrons. The second kappa shape index (κ2) is 8.45. The van der Waals surface area contributed by atoms with Crippen LogP contribution in [0.15, 0.2) is 41.3 Å². The van der Waals surface area contributed by atoms with E-state index in [1.165, 1.54) is 13.1 Å². The van der Waals surface area contributed by atoms with Crippen LogP contribution in [0, 0.1) is 13.8 Å². The van der Waals surface area contributed by atoms with E-state index < -0.39 is 22.0 Å². The molecule has 1 aliphatic heterocycles. The molecular weight excluding hydrogens is 406 g/mol. The molecule has 0 saturated carbocycles. The van der Waals surface area contributed by atoms with Crippen LogP contribution in [-0.4, -0.2) is 44.2 Å². The number of hydrogen-bond acceptors (Lipinski definition) is 5. The van der Waals surface area contributed by atoms with Gasteiger partial charge in [0.25, 0.3) is 5.91 Å². The topological polar surface area (TPSA) is 105 Å². The van der Waals surface area contributed by atoms with Crippen LogP contribution in [0.4, 0.5) is 11.4 Å². The average molecular weight is 432 g/mol. The maximum absolute atomic E-state index is 13.1. The highest BCUT2D eigenvalue weighted by molar-refractivity contribution is 7.89. The number of benzene rings is 2. The van der Waals surface area contributed by atoms with Crippen molar-refractivity contribution >= 4 is 33.2 Å². The lowest BCUT2D eigenvalue weighted by molar-refractivity contribution is -0.123. The van der Waals surface area contributed by atoms with Crippen LogP contribution in [0.3, 0.4) is 0 Å². The summed E-state index contributed by atoms with van der Waals surface area (Å²) in [5.41, 5.74) is 2.46. The minimum atomic E-state index is -3.96. The molecule has 1 aliphatic rings. The van der Waals surface area contributed by atoms with Crippen molar-refractivity contribution in [3.63, 3.8) is 0 Å². The van der Waals surface area contributed by atoms with E-state index in [0.717, 1.165) is 9.87 Å². The van der Waals surface area contributed by atoms with Gasteiger partial charge in [-0.3, -0.25) is 9.59 Å². The molecule has 1 unspecified atom stereocenters. The zero-order chi connectivity index (χ0) is 22.1. The average Bonchev–Trinajstić information content (AvgIpc) is 2.66. The third-order valence-electron chi connectivity index (χ3n) is 4.82. The molecule has 0 fully saturated rings. The first-order chi connectivity index (χ1) is 14.1. The fraction of sp³-hybridized carbons (Fsp3) is 0.333. The van der Waals surface area contributed by atoms with E-state index in [2.05, 4.69) is 10.6 Å². The summed E-state index contributed by atoms with van der Waals surface area (Å²) in [6.45, 7) is 4.99. The van der Waals surface area contributed by atoms with E-state index in [1.54, 1.807) is 25.1 Å². The Morgan fingerprint density at radius 3 is 2.63 bits per heavy atom. The normalized spacial score (nSPS) is 15.9. The Kier molecular flexibility index (Phi) is 6.14. The lowest BCUT2D eigenvalue weighted by Gasteiger charge is -2.27. The summed E-state index contributed by atoms with van der Waals surface area (Å²) >= 11 is 0. The first-order valence-electron chi connectivity index (χ1n) is 9.57. The van der Waals surface area contributed by atoms with Gasteiger partial charge in [-0.2, -0.15) is 4.31 Å². The van der Waals surface area contributed by atoms with Crippen LogP contribution in [0.25, 0.3) is 0 Å². The molecule has 1 atom stereocenters. The highest BCUT2D eigenvalue weighted by Gasteiger charge is 2.31.